The van der Waals surface area contributed by atoms with Gasteiger partial charge in [0, 0.05) is 24.3 Å². The Labute approximate surface area is 153 Å². The van der Waals surface area contributed by atoms with Crippen LogP contribution in [0.2, 0.25) is 0 Å². The number of ether oxygens (including phenoxy) is 2. The lowest BCUT2D eigenvalue weighted by atomic mass is 9.87. The van der Waals surface area contributed by atoms with Crippen molar-refractivity contribution in [2.45, 2.75) is 44.9 Å². The lowest BCUT2D eigenvalue weighted by molar-refractivity contribution is -0.155. The molecule has 0 aromatic heterocycles. The maximum absolute atomic E-state index is 12.9. The van der Waals surface area contributed by atoms with Crippen LogP contribution in [-0.2, 0) is 19.1 Å². The first-order valence-electron chi connectivity index (χ1n) is 9.30. The summed E-state index contributed by atoms with van der Waals surface area (Å²) < 4.78 is 10.5. The van der Waals surface area contributed by atoms with Crippen LogP contribution in [-0.4, -0.2) is 41.9 Å². The molecule has 0 saturated heterocycles. The number of aliphatic hydroxyl groups is 1. The van der Waals surface area contributed by atoms with Gasteiger partial charge in [0.05, 0.1) is 25.2 Å². The second-order valence-corrected chi connectivity index (χ2v) is 7.12. The van der Waals surface area contributed by atoms with E-state index in [1.807, 2.05) is 37.3 Å². The van der Waals surface area contributed by atoms with Crippen molar-refractivity contribution in [1.82, 2.24) is 5.32 Å². The molecule has 0 amide bonds. The summed E-state index contributed by atoms with van der Waals surface area (Å²) in [6, 6.07) is 9.65. The zero-order valence-corrected chi connectivity index (χ0v) is 15.5. The van der Waals surface area contributed by atoms with Crippen LogP contribution in [0.5, 0.6) is 0 Å². The second-order valence-electron chi connectivity index (χ2n) is 7.12. The van der Waals surface area contributed by atoms with Crippen molar-refractivity contribution < 1.29 is 24.2 Å². The number of rotatable bonds is 7. The quantitative estimate of drug-likeness (QED) is 0.721. The van der Waals surface area contributed by atoms with E-state index in [0.717, 1.165) is 5.56 Å². The van der Waals surface area contributed by atoms with E-state index in [0.29, 0.717) is 0 Å². The Kier molecular flexibility index (Phi) is 5.34. The minimum atomic E-state index is -1.08. The van der Waals surface area contributed by atoms with Gasteiger partial charge in [-0.05, 0) is 26.3 Å². The van der Waals surface area contributed by atoms with Gasteiger partial charge in [0.15, 0.2) is 0 Å². The zero-order valence-electron chi connectivity index (χ0n) is 15.5. The van der Waals surface area contributed by atoms with Crippen molar-refractivity contribution in [2.24, 2.45) is 17.8 Å². The number of carbonyl (C=O) groups is 2. The molecule has 2 N–H and O–H groups in total. The molecule has 0 heterocycles. The highest BCUT2D eigenvalue weighted by molar-refractivity contribution is 5.87. The van der Waals surface area contributed by atoms with Crippen molar-refractivity contribution in [3.05, 3.63) is 35.9 Å². The van der Waals surface area contributed by atoms with Crippen LogP contribution in [0, 0.1) is 17.8 Å². The van der Waals surface area contributed by atoms with E-state index >= 15 is 0 Å². The molecular weight excluding hydrogens is 334 g/mol. The van der Waals surface area contributed by atoms with Gasteiger partial charge in [-0.15, -0.1) is 0 Å². The van der Waals surface area contributed by atoms with Gasteiger partial charge in [-0.3, -0.25) is 14.9 Å². The van der Waals surface area contributed by atoms with E-state index < -0.39 is 23.5 Å². The molecule has 142 valence electrons. The summed E-state index contributed by atoms with van der Waals surface area (Å²) in [5.41, 5.74) is -0.0466. The third kappa shape index (κ3) is 3.12. The Morgan fingerprint density at radius 2 is 1.88 bits per heavy atom. The number of fused-ring (bicyclic) bond motifs is 1. The monoisotopic (exact) mass is 361 g/mol. The number of benzene rings is 1. The Morgan fingerprint density at radius 3 is 2.50 bits per heavy atom. The largest absolute Gasteiger partial charge is 0.466 e. The number of hydrogen-bond acceptors (Lipinski definition) is 6. The molecule has 26 heavy (non-hydrogen) atoms. The lowest BCUT2D eigenvalue weighted by Gasteiger charge is -2.34. The highest BCUT2D eigenvalue weighted by Gasteiger charge is 2.75. The van der Waals surface area contributed by atoms with Crippen molar-refractivity contribution in [3.63, 3.8) is 0 Å². The minimum Gasteiger partial charge on any atom is -0.466 e. The van der Waals surface area contributed by atoms with Gasteiger partial charge in [-0.2, -0.15) is 0 Å². The van der Waals surface area contributed by atoms with Crippen LogP contribution >= 0.6 is 0 Å². The van der Waals surface area contributed by atoms with Gasteiger partial charge < -0.3 is 14.6 Å². The fourth-order valence-electron chi connectivity index (χ4n) is 4.50. The Bertz CT molecular complexity index is 663. The molecule has 6 nitrogen and oxygen atoms in total. The highest BCUT2D eigenvalue weighted by Crippen LogP contribution is 2.63. The van der Waals surface area contributed by atoms with Crippen LogP contribution in [0.4, 0.5) is 0 Å². The smallest absolute Gasteiger partial charge is 0.326 e. The maximum atomic E-state index is 12.9. The molecule has 2 saturated carbocycles. The van der Waals surface area contributed by atoms with E-state index in [1.165, 1.54) is 0 Å². The summed E-state index contributed by atoms with van der Waals surface area (Å²) in [6.45, 7) is 6.01. The normalized spacial score (nSPS) is 33.2. The van der Waals surface area contributed by atoms with Crippen molar-refractivity contribution >= 4 is 11.9 Å². The Morgan fingerprint density at radius 1 is 1.23 bits per heavy atom. The first-order chi connectivity index (χ1) is 12.5. The third-order valence-corrected chi connectivity index (χ3v) is 5.59. The Hall–Kier alpha value is -1.92. The highest BCUT2D eigenvalue weighted by atomic mass is 16.5. The first-order valence-corrected chi connectivity index (χ1v) is 9.30. The maximum Gasteiger partial charge on any atom is 0.326 e. The zero-order chi connectivity index (χ0) is 18.9. The van der Waals surface area contributed by atoms with E-state index in [1.54, 1.807) is 13.8 Å². The molecule has 2 unspecified atom stereocenters. The average molecular weight is 361 g/mol. The van der Waals surface area contributed by atoms with Gasteiger partial charge >= 0.3 is 11.9 Å². The van der Waals surface area contributed by atoms with Crippen molar-refractivity contribution in [2.75, 3.05) is 13.2 Å². The number of carbonyl (C=O) groups excluding carboxylic acids is 2. The number of aliphatic hydroxyl groups excluding tert-OH is 1. The van der Waals surface area contributed by atoms with Crippen molar-refractivity contribution in [1.29, 1.82) is 0 Å². The predicted octanol–water partition coefficient (Wildman–Crippen LogP) is 1.83. The predicted molar refractivity (Wildman–Crippen MR) is 95.1 cm³/mol. The standard InChI is InChI=1S/C20H27NO5/c1-4-25-18(23)16-15-14(22)11-20(17(15)16,19(24)26-5-2)21-12(3)13-9-7-6-8-10-13/h6-10,12,14-17,21-22H,4-5,11H2,1-3H3/t12-,14+,15?,16+,17?,20+/m1/s1. The SMILES string of the molecule is CCOC(=O)[C@H]1C2C1[C@](N[C@H](C)c1ccccc1)(C(=O)OCC)C[C@@H]2O. The fourth-order valence-corrected chi connectivity index (χ4v) is 4.50. The number of esters is 2. The van der Waals surface area contributed by atoms with E-state index in [-0.39, 0.29) is 43.5 Å². The molecule has 6 heteroatoms. The van der Waals surface area contributed by atoms with E-state index in [2.05, 4.69) is 5.32 Å². The summed E-state index contributed by atoms with van der Waals surface area (Å²) in [5, 5.41) is 13.9. The van der Waals surface area contributed by atoms with Crippen LogP contribution in [0.3, 0.4) is 0 Å². The first kappa shape index (κ1) is 18.9. The second kappa shape index (κ2) is 7.37. The van der Waals surface area contributed by atoms with Crippen molar-refractivity contribution in [3.8, 4) is 0 Å². The topological polar surface area (TPSA) is 84.9 Å². The van der Waals surface area contributed by atoms with Gasteiger partial charge in [-0.25, -0.2) is 0 Å². The molecule has 0 aliphatic heterocycles. The molecule has 1 aromatic carbocycles. The van der Waals surface area contributed by atoms with E-state index in [4.69, 9.17) is 9.47 Å². The van der Waals surface area contributed by atoms with Gasteiger partial charge in [0.25, 0.3) is 0 Å². The lowest BCUT2D eigenvalue weighted by Crippen LogP contribution is -2.56. The average Bonchev–Trinajstić information content (AvgIpc) is 3.32. The number of hydrogen-bond donors (Lipinski definition) is 2. The van der Waals surface area contributed by atoms with Gasteiger partial charge in [0.2, 0.25) is 0 Å². The van der Waals surface area contributed by atoms with E-state index in [9.17, 15) is 14.7 Å². The third-order valence-electron chi connectivity index (χ3n) is 5.59. The molecule has 0 spiro atoms. The molecule has 0 bridgehead atoms. The summed E-state index contributed by atoms with van der Waals surface area (Å²) in [6.07, 6.45) is -0.483. The molecular formula is C20H27NO5. The van der Waals surface area contributed by atoms with Crippen LogP contribution in [0.25, 0.3) is 0 Å². The van der Waals surface area contributed by atoms with Crippen LogP contribution in [0.1, 0.15) is 38.8 Å². The molecule has 2 aliphatic rings. The minimum absolute atomic E-state index is 0.130. The Balaban J connectivity index is 1.88. The molecule has 2 fully saturated rings. The van der Waals surface area contributed by atoms with Crippen LogP contribution < -0.4 is 5.32 Å². The summed E-state index contributed by atoms with van der Waals surface area (Å²) in [5.74, 6) is -1.76. The molecule has 0 radical (unpaired) electrons. The van der Waals surface area contributed by atoms with Gasteiger partial charge in [-0.1, -0.05) is 30.3 Å². The summed E-state index contributed by atoms with van der Waals surface area (Å²) in [7, 11) is 0. The molecule has 1 aromatic rings. The summed E-state index contributed by atoms with van der Waals surface area (Å²) >= 11 is 0. The van der Waals surface area contributed by atoms with Crippen LogP contribution in [0.15, 0.2) is 30.3 Å². The number of nitrogens with one attached hydrogen (secondary N) is 1. The van der Waals surface area contributed by atoms with Gasteiger partial charge in [0.1, 0.15) is 5.54 Å². The molecule has 2 aliphatic carbocycles. The summed E-state index contributed by atoms with van der Waals surface area (Å²) in [4.78, 5) is 25.2. The molecule has 3 rings (SSSR count). The molecule has 6 atom stereocenters. The fraction of sp³-hybridized carbons (Fsp3) is 0.600.